The lowest BCUT2D eigenvalue weighted by Gasteiger charge is -2.39. The summed E-state index contributed by atoms with van der Waals surface area (Å²) in [6.07, 6.45) is 13.8. The van der Waals surface area contributed by atoms with Crippen LogP contribution in [0.3, 0.4) is 0 Å². The largest absolute Gasteiger partial charge is 0.228 e. The van der Waals surface area contributed by atoms with Gasteiger partial charge in [-0.25, -0.2) is 19.9 Å². The molecule has 0 unspecified atom stereocenters. The smallest absolute Gasteiger partial charge is 0.160 e. The van der Waals surface area contributed by atoms with E-state index in [1.807, 2.05) is 61.5 Å². The maximum atomic E-state index is 5.08. The molecule has 0 aliphatic heterocycles. The van der Waals surface area contributed by atoms with Gasteiger partial charge in [0, 0.05) is 33.2 Å². The Bertz CT molecular complexity index is 2380. The van der Waals surface area contributed by atoms with Crippen LogP contribution in [-0.2, 0) is 5.41 Å². The standard InChI is InChI=1S/C51H44N4/c1-3-5-18-37(4-2)45-35-47(54-49(52-45)41-21-12-7-13-22-41)39-25-29-43(30-26-39)51(33-16-9-17-34-51)44-31-27-40(28-32-44)48-36-46(38-19-10-6-11-20-38)53-50(55-48)42-23-14-8-15-24-42/h3-8,10-15,18-32,35-36H,1,9,16-17,33-34H2,2H3/b18-5-,37-4+. The maximum absolute atomic E-state index is 5.08. The molecule has 5 aromatic carbocycles. The second kappa shape index (κ2) is 16.2. The van der Waals surface area contributed by atoms with E-state index < -0.39 is 0 Å². The van der Waals surface area contributed by atoms with E-state index in [0.717, 1.165) is 74.8 Å². The molecule has 2 heterocycles. The Balaban J connectivity index is 1.15. The fourth-order valence-corrected chi connectivity index (χ4v) is 7.85. The molecular formula is C51H44N4. The summed E-state index contributed by atoms with van der Waals surface area (Å²) < 4.78 is 0. The molecule has 1 saturated carbocycles. The molecule has 0 radical (unpaired) electrons. The molecular weight excluding hydrogens is 669 g/mol. The molecule has 0 spiro atoms. The van der Waals surface area contributed by atoms with Crippen molar-refractivity contribution in [3.8, 4) is 56.5 Å². The van der Waals surface area contributed by atoms with Crippen molar-refractivity contribution in [2.75, 3.05) is 0 Å². The molecule has 4 heteroatoms. The first kappa shape index (κ1) is 35.5. The summed E-state index contributed by atoms with van der Waals surface area (Å²) in [4.78, 5) is 20.2. The van der Waals surface area contributed by atoms with Gasteiger partial charge in [0.25, 0.3) is 0 Å². The topological polar surface area (TPSA) is 51.6 Å². The van der Waals surface area contributed by atoms with Crippen molar-refractivity contribution in [1.82, 2.24) is 19.9 Å². The van der Waals surface area contributed by atoms with E-state index >= 15 is 0 Å². The van der Waals surface area contributed by atoms with E-state index in [4.69, 9.17) is 19.9 Å². The van der Waals surface area contributed by atoms with Gasteiger partial charge in [-0.3, -0.25) is 0 Å². The summed E-state index contributed by atoms with van der Waals surface area (Å²) in [5, 5.41) is 0. The Morgan fingerprint density at radius 2 is 0.945 bits per heavy atom. The van der Waals surface area contributed by atoms with Crippen LogP contribution in [0.15, 0.2) is 183 Å². The van der Waals surface area contributed by atoms with Crippen molar-refractivity contribution < 1.29 is 0 Å². The minimum atomic E-state index is -0.0645. The molecule has 268 valence electrons. The predicted molar refractivity (Wildman–Crippen MR) is 228 cm³/mol. The third-order valence-corrected chi connectivity index (χ3v) is 10.8. The van der Waals surface area contributed by atoms with Crippen molar-refractivity contribution in [3.63, 3.8) is 0 Å². The summed E-state index contributed by atoms with van der Waals surface area (Å²) in [6, 6.07) is 53.3. The van der Waals surface area contributed by atoms with Gasteiger partial charge in [0.15, 0.2) is 11.6 Å². The van der Waals surface area contributed by atoms with Crippen molar-refractivity contribution in [2.24, 2.45) is 0 Å². The summed E-state index contributed by atoms with van der Waals surface area (Å²) in [6.45, 7) is 5.90. The Labute approximate surface area is 324 Å². The normalized spacial score (nSPS) is 14.2. The van der Waals surface area contributed by atoms with E-state index in [0.29, 0.717) is 5.82 Å². The predicted octanol–water partition coefficient (Wildman–Crippen LogP) is 13.0. The number of allylic oxidation sites excluding steroid dienone is 5. The SMILES string of the molecule is C=C/C=C\C(=C/C)c1cc(-c2ccc(C3(c4ccc(-c5cc(-c6ccccc6)nc(-c6ccccc6)n5)cc4)CCCCC3)cc2)nc(-c2ccccc2)n1. The van der Waals surface area contributed by atoms with Crippen molar-refractivity contribution in [3.05, 3.63) is 199 Å². The van der Waals surface area contributed by atoms with E-state index in [1.54, 1.807) is 6.08 Å². The van der Waals surface area contributed by atoms with E-state index in [1.165, 1.54) is 30.4 Å². The minimum absolute atomic E-state index is 0.0645. The molecule has 0 N–H and O–H groups in total. The van der Waals surface area contributed by atoms with Crippen LogP contribution in [-0.4, -0.2) is 19.9 Å². The van der Waals surface area contributed by atoms with Gasteiger partial charge < -0.3 is 0 Å². The average Bonchev–Trinajstić information content (AvgIpc) is 3.27. The first-order valence-corrected chi connectivity index (χ1v) is 19.3. The third kappa shape index (κ3) is 7.63. The zero-order valence-corrected chi connectivity index (χ0v) is 31.3. The molecule has 0 bridgehead atoms. The summed E-state index contributed by atoms with van der Waals surface area (Å²) in [5.74, 6) is 1.44. The van der Waals surface area contributed by atoms with Gasteiger partial charge in [-0.1, -0.05) is 190 Å². The fourth-order valence-electron chi connectivity index (χ4n) is 7.85. The summed E-state index contributed by atoms with van der Waals surface area (Å²) >= 11 is 0. The second-order valence-electron chi connectivity index (χ2n) is 14.2. The lowest BCUT2D eigenvalue weighted by Crippen LogP contribution is -2.30. The third-order valence-electron chi connectivity index (χ3n) is 10.8. The van der Waals surface area contributed by atoms with Crippen LogP contribution in [0.2, 0.25) is 0 Å². The molecule has 0 saturated heterocycles. The van der Waals surface area contributed by atoms with E-state index in [-0.39, 0.29) is 5.41 Å². The number of aromatic nitrogens is 4. The molecule has 1 fully saturated rings. The second-order valence-corrected chi connectivity index (χ2v) is 14.2. The molecule has 4 nitrogen and oxygen atoms in total. The lowest BCUT2D eigenvalue weighted by atomic mass is 9.65. The maximum Gasteiger partial charge on any atom is 0.160 e. The monoisotopic (exact) mass is 712 g/mol. The first-order chi connectivity index (χ1) is 27.1. The van der Waals surface area contributed by atoms with Crippen LogP contribution in [0.25, 0.3) is 62.1 Å². The zero-order chi connectivity index (χ0) is 37.5. The number of rotatable bonds is 10. The molecule has 55 heavy (non-hydrogen) atoms. The van der Waals surface area contributed by atoms with Crippen LogP contribution < -0.4 is 0 Å². The first-order valence-electron chi connectivity index (χ1n) is 19.3. The number of hydrogen-bond acceptors (Lipinski definition) is 4. The molecule has 0 atom stereocenters. The van der Waals surface area contributed by atoms with Crippen LogP contribution in [0.4, 0.5) is 0 Å². The van der Waals surface area contributed by atoms with E-state index in [9.17, 15) is 0 Å². The van der Waals surface area contributed by atoms with Crippen molar-refractivity contribution in [1.29, 1.82) is 0 Å². The van der Waals surface area contributed by atoms with Crippen LogP contribution in [0.1, 0.15) is 55.8 Å². The Kier molecular flexibility index (Phi) is 10.5. The average molecular weight is 713 g/mol. The highest BCUT2D eigenvalue weighted by Crippen LogP contribution is 2.46. The van der Waals surface area contributed by atoms with Gasteiger partial charge in [-0.05, 0) is 48.6 Å². The van der Waals surface area contributed by atoms with Gasteiger partial charge in [-0.2, -0.15) is 0 Å². The summed E-state index contributed by atoms with van der Waals surface area (Å²) in [5.41, 5.74) is 12.5. The number of nitrogens with zero attached hydrogens (tertiary/aromatic N) is 4. The van der Waals surface area contributed by atoms with Crippen LogP contribution >= 0.6 is 0 Å². The molecule has 7 aromatic rings. The molecule has 1 aliphatic rings. The quantitative estimate of drug-likeness (QED) is 0.132. The van der Waals surface area contributed by atoms with Gasteiger partial charge in [0.2, 0.25) is 0 Å². The van der Waals surface area contributed by atoms with Gasteiger partial charge >= 0.3 is 0 Å². The summed E-state index contributed by atoms with van der Waals surface area (Å²) in [7, 11) is 0. The highest BCUT2D eigenvalue weighted by atomic mass is 14.9. The van der Waals surface area contributed by atoms with Crippen molar-refractivity contribution >= 4 is 5.57 Å². The van der Waals surface area contributed by atoms with Gasteiger partial charge in [0.05, 0.1) is 22.8 Å². The Morgan fingerprint density at radius 3 is 1.42 bits per heavy atom. The molecule has 1 aliphatic carbocycles. The van der Waals surface area contributed by atoms with Gasteiger partial charge in [0.1, 0.15) is 0 Å². The highest BCUT2D eigenvalue weighted by Gasteiger charge is 2.35. The molecule has 8 rings (SSSR count). The molecule has 0 amide bonds. The minimum Gasteiger partial charge on any atom is -0.228 e. The van der Waals surface area contributed by atoms with E-state index in [2.05, 4.69) is 122 Å². The zero-order valence-electron chi connectivity index (χ0n) is 31.3. The van der Waals surface area contributed by atoms with Crippen LogP contribution in [0, 0.1) is 0 Å². The lowest BCUT2D eigenvalue weighted by molar-refractivity contribution is 0.346. The number of hydrogen-bond donors (Lipinski definition) is 0. The number of benzene rings is 5. The Hall–Kier alpha value is -6.52. The fraction of sp³-hybridized carbons (Fsp3) is 0.137. The highest BCUT2D eigenvalue weighted by molar-refractivity contribution is 5.77. The van der Waals surface area contributed by atoms with Crippen molar-refractivity contribution in [2.45, 2.75) is 44.4 Å². The molecule has 2 aromatic heterocycles. The van der Waals surface area contributed by atoms with Crippen LogP contribution in [0.5, 0.6) is 0 Å². The Morgan fingerprint density at radius 1 is 0.509 bits per heavy atom. The van der Waals surface area contributed by atoms with Gasteiger partial charge in [-0.15, -0.1) is 0 Å².